The Kier molecular flexibility index (Phi) is 15.0. The van der Waals surface area contributed by atoms with E-state index in [4.69, 9.17) is 0 Å². The molecule has 0 atom stereocenters. The molecule has 0 fully saturated rings. The molecule has 0 heterocycles. The van der Waals surface area contributed by atoms with Gasteiger partial charge in [-0.2, -0.15) is 0 Å². The van der Waals surface area contributed by atoms with Gasteiger partial charge in [-0.3, -0.25) is 0 Å². The third-order valence-electron chi connectivity index (χ3n) is 1.97. The zero-order valence-electron chi connectivity index (χ0n) is 18.9. The van der Waals surface area contributed by atoms with Gasteiger partial charge < -0.3 is 9.30 Å². The molecule has 2 radical (unpaired) electrons. The van der Waals surface area contributed by atoms with Gasteiger partial charge in [0.05, 0.1) is 0 Å². The molecule has 0 saturated carbocycles. The molecule has 0 amide bonds. The molecule has 0 saturated heterocycles. The molecule has 0 bridgehead atoms. The Balaban J connectivity index is -0.000000273. The fourth-order valence-corrected chi connectivity index (χ4v) is 20.2. The smallest absolute Gasteiger partial charge is 0.118 e. The number of nitrogens with one attached hydrogen (secondary N) is 2. The van der Waals surface area contributed by atoms with Gasteiger partial charge in [-0.25, -0.2) is 0 Å². The van der Waals surface area contributed by atoms with Crippen molar-refractivity contribution in [2.45, 2.75) is 97.7 Å². The maximum absolute atomic E-state index is 3.74. The summed E-state index contributed by atoms with van der Waals surface area (Å²) in [5.74, 6) is 0.847. The topological polar surface area (TPSA) is 24.1 Å². The minimum absolute atomic E-state index is 0.847. The Morgan fingerprint density at radius 2 is 0.696 bits per heavy atom. The van der Waals surface area contributed by atoms with Gasteiger partial charge in [-0.15, -0.1) is 5.28 Å². The average molecular weight is 407 g/mol. The number of hydrogen-bond donors (Lipinski definition) is 2. The highest BCUT2D eigenvalue weighted by Gasteiger charge is 2.22. The van der Waals surface area contributed by atoms with E-state index in [0.29, 0.717) is 0 Å². The molecule has 0 aromatic rings. The second kappa shape index (κ2) is 11.8. The van der Waals surface area contributed by atoms with Gasteiger partial charge in [0.1, 0.15) is 49.2 Å². The van der Waals surface area contributed by atoms with E-state index in [2.05, 4.69) is 118 Å². The number of hydrogen-bond acceptors (Lipinski definition) is 2. The van der Waals surface area contributed by atoms with E-state index >= 15 is 0 Å². The van der Waals surface area contributed by atoms with Crippen LogP contribution >= 0.6 is 0 Å². The van der Waals surface area contributed by atoms with Crippen molar-refractivity contribution in [2.24, 2.45) is 5.92 Å². The van der Waals surface area contributed by atoms with Crippen molar-refractivity contribution in [1.29, 1.82) is 0 Å². The summed E-state index contributed by atoms with van der Waals surface area (Å²) in [4.78, 5) is 0. The Hall–Kier alpha value is 1.32. The predicted molar refractivity (Wildman–Crippen MR) is 125 cm³/mol. The quantitative estimate of drug-likeness (QED) is 0.570. The lowest BCUT2D eigenvalue weighted by Crippen LogP contribution is -2.55. The van der Waals surface area contributed by atoms with Crippen LogP contribution in [0.2, 0.25) is 83.8 Å². The van der Waals surface area contributed by atoms with Crippen molar-refractivity contribution in [3.8, 4) is 0 Å². The summed E-state index contributed by atoms with van der Waals surface area (Å²) in [6, 6.07) is 0. The fourth-order valence-electron chi connectivity index (χ4n) is 2.25. The van der Waals surface area contributed by atoms with Gasteiger partial charge in [0.15, 0.2) is 0 Å². The Bertz CT molecular complexity index is 234. The van der Waals surface area contributed by atoms with Crippen LogP contribution in [0.5, 0.6) is 0 Å². The monoisotopic (exact) mass is 406 g/mol. The van der Waals surface area contributed by atoms with Crippen molar-refractivity contribution in [2.75, 3.05) is 0 Å². The summed E-state index contributed by atoms with van der Waals surface area (Å²) in [7, 11) is -3.92. The molecular formula is C16H47AlN2Si4. The molecule has 0 aliphatic heterocycles. The van der Waals surface area contributed by atoms with Gasteiger partial charge in [0, 0.05) is 0 Å². The van der Waals surface area contributed by atoms with Crippen molar-refractivity contribution in [3.63, 3.8) is 0 Å². The first-order chi connectivity index (χ1) is 9.68. The minimum atomic E-state index is -0.981. The predicted octanol–water partition coefficient (Wildman–Crippen LogP) is 5.72. The maximum atomic E-state index is 3.74. The normalized spacial score (nSPS) is 13.0. The van der Waals surface area contributed by atoms with Gasteiger partial charge in [-0.1, -0.05) is 98.3 Å². The minimum Gasteiger partial charge on any atom is -0.360 e. The average Bonchev–Trinajstić information content (AvgIpc) is 2.06. The highest BCUT2D eigenvalue weighted by Crippen LogP contribution is 2.03. The zero-order chi connectivity index (χ0) is 19.7. The summed E-state index contributed by atoms with van der Waals surface area (Å²) in [5.41, 5.74) is 0. The standard InChI is InChI=1S/2C6H19NSi2.C4H9.Al/c2*1-8(2,3)7-9(4,5)6;1-4(2)3;/h2*7H,1-6H3;4H,1H2,2-3H3;. The molecule has 0 aromatic heterocycles. The van der Waals surface area contributed by atoms with E-state index < -0.39 is 32.9 Å². The Morgan fingerprint density at radius 1 is 0.565 bits per heavy atom. The molecule has 2 nitrogen and oxygen atoms in total. The van der Waals surface area contributed by atoms with Crippen LogP contribution in [-0.2, 0) is 0 Å². The van der Waals surface area contributed by atoms with Gasteiger partial charge in [-0.05, 0) is 0 Å². The van der Waals surface area contributed by atoms with Crippen LogP contribution in [-0.4, -0.2) is 49.2 Å². The lowest BCUT2D eigenvalue weighted by atomic mass is 10.3. The lowest BCUT2D eigenvalue weighted by molar-refractivity contribution is 0.735. The van der Waals surface area contributed by atoms with E-state index in [9.17, 15) is 0 Å². The lowest BCUT2D eigenvalue weighted by Gasteiger charge is -2.28. The van der Waals surface area contributed by atoms with Crippen LogP contribution in [0.1, 0.15) is 13.8 Å². The van der Waals surface area contributed by atoms with Crippen LogP contribution in [0.3, 0.4) is 0 Å². The van der Waals surface area contributed by atoms with Gasteiger partial charge in [0.2, 0.25) is 0 Å². The summed E-state index contributed by atoms with van der Waals surface area (Å²) >= 11 is 2.69. The Morgan fingerprint density at radius 3 is 0.696 bits per heavy atom. The molecule has 0 rings (SSSR count). The molecule has 0 spiro atoms. The largest absolute Gasteiger partial charge is 0.360 e. The SMILES string of the molecule is CC(C)[CH2][Al].C[Si](C)(C)N[Si](C)(C)C.C[Si](C)(C)N[Si](C)(C)C. The van der Waals surface area contributed by atoms with Crippen LogP contribution in [0.15, 0.2) is 0 Å². The van der Waals surface area contributed by atoms with E-state index in [1.165, 1.54) is 5.28 Å². The summed E-state index contributed by atoms with van der Waals surface area (Å²) in [5, 5.41) is 1.22. The third kappa shape index (κ3) is 45.2. The van der Waals surface area contributed by atoms with Crippen molar-refractivity contribution < 1.29 is 0 Å². The summed E-state index contributed by atoms with van der Waals surface area (Å²) < 4.78 is 7.47. The fraction of sp³-hybridized carbons (Fsp3) is 1.00. The molecule has 0 unspecified atom stereocenters. The highest BCUT2D eigenvalue weighted by atomic mass is 28.4. The highest BCUT2D eigenvalue weighted by molar-refractivity contribution is 6.90. The van der Waals surface area contributed by atoms with E-state index in [1.807, 2.05) is 0 Å². The first-order valence-electron chi connectivity index (χ1n) is 8.97. The van der Waals surface area contributed by atoms with Crippen LogP contribution in [0.25, 0.3) is 0 Å². The molecule has 140 valence electrons. The van der Waals surface area contributed by atoms with Crippen LogP contribution < -0.4 is 9.30 Å². The van der Waals surface area contributed by atoms with Crippen LogP contribution in [0, 0.1) is 5.92 Å². The molecule has 2 N–H and O–H groups in total. The van der Waals surface area contributed by atoms with Crippen molar-refractivity contribution in [3.05, 3.63) is 0 Å². The molecule has 0 aliphatic rings. The first-order valence-corrected chi connectivity index (χ1v) is 23.8. The molecular weight excluding hydrogens is 360 g/mol. The van der Waals surface area contributed by atoms with Crippen LogP contribution in [0.4, 0.5) is 0 Å². The second-order valence-electron chi connectivity index (χ2n) is 10.9. The molecule has 0 aromatic carbocycles. The second-order valence-corrected chi connectivity index (χ2v) is 31.4. The molecule has 0 aliphatic carbocycles. The van der Waals surface area contributed by atoms with Crippen molar-refractivity contribution >= 4 is 49.2 Å². The zero-order valence-corrected chi connectivity index (χ0v) is 24.0. The van der Waals surface area contributed by atoms with E-state index in [0.717, 1.165) is 5.92 Å². The summed E-state index contributed by atoms with van der Waals surface area (Å²) in [6.45, 7) is 32.6. The molecule has 23 heavy (non-hydrogen) atoms. The van der Waals surface area contributed by atoms with Gasteiger partial charge in [0.25, 0.3) is 0 Å². The number of rotatable bonds is 5. The van der Waals surface area contributed by atoms with E-state index in [1.54, 1.807) is 0 Å². The summed E-state index contributed by atoms with van der Waals surface area (Å²) in [6.07, 6.45) is 0. The Labute approximate surface area is 161 Å². The first kappa shape index (κ1) is 29.1. The van der Waals surface area contributed by atoms with Gasteiger partial charge >= 0.3 is 0 Å². The van der Waals surface area contributed by atoms with Crippen molar-refractivity contribution in [1.82, 2.24) is 9.30 Å². The third-order valence-corrected chi connectivity index (χ3v) is 14.9. The molecule has 7 heteroatoms. The van der Waals surface area contributed by atoms with E-state index in [-0.39, 0.29) is 0 Å². The maximum Gasteiger partial charge on any atom is 0.118 e.